The van der Waals surface area contributed by atoms with E-state index in [-0.39, 0.29) is 24.9 Å². The Hall–Kier alpha value is -3.39. The molecule has 2 aromatic heterocycles. The number of para-hydroxylation sites is 1. The molecule has 0 amide bonds. The zero-order valence-corrected chi connectivity index (χ0v) is 27.9. The molecule has 0 radical (unpaired) electrons. The summed E-state index contributed by atoms with van der Waals surface area (Å²) in [6.45, 7) is 9.23. The lowest BCUT2D eigenvalue weighted by Gasteiger charge is -2.31. The predicted octanol–water partition coefficient (Wildman–Crippen LogP) is 4.29. The molecule has 5 rings (SSSR count). The summed E-state index contributed by atoms with van der Waals surface area (Å²) < 4.78 is 52.7. The van der Waals surface area contributed by atoms with E-state index in [4.69, 9.17) is 33.7 Å². The van der Waals surface area contributed by atoms with E-state index < -0.39 is 49.5 Å². The highest BCUT2D eigenvalue weighted by Gasteiger charge is 2.64. The third-order valence-corrected chi connectivity index (χ3v) is 9.81. The third-order valence-electron chi connectivity index (χ3n) is 8.17. The third kappa shape index (κ3) is 6.97. The van der Waals surface area contributed by atoms with E-state index in [1.807, 2.05) is 19.9 Å². The Kier molecular flexibility index (Phi) is 10.2. The number of anilines is 1. The highest BCUT2D eigenvalue weighted by atomic mass is 31.2. The Labute approximate surface area is 268 Å². The van der Waals surface area contributed by atoms with Crippen molar-refractivity contribution in [2.75, 3.05) is 26.0 Å². The van der Waals surface area contributed by atoms with Crippen LogP contribution in [-0.2, 0) is 38.4 Å². The highest BCUT2D eigenvalue weighted by molar-refractivity contribution is 7.52. The van der Waals surface area contributed by atoms with Crippen molar-refractivity contribution in [3.8, 4) is 5.75 Å². The van der Waals surface area contributed by atoms with Gasteiger partial charge >= 0.3 is 13.7 Å². The lowest BCUT2D eigenvalue weighted by molar-refractivity contribution is -0.200. The minimum Gasteiger partial charge on any atom is -0.464 e. The number of carbonyl (C=O) groups is 1. The van der Waals surface area contributed by atoms with Gasteiger partial charge in [-0.1, -0.05) is 44.9 Å². The summed E-state index contributed by atoms with van der Waals surface area (Å²) in [6.07, 6.45) is 2.54. The Balaban J connectivity index is 1.42. The summed E-state index contributed by atoms with van der Waals surface area (Å²) in [5.74, 6) is -0.745. The fourth-order valence-electron chi connectivity index (χ4n) is 5.74. The van der Waals surface area contributed by atoms with Crippen molar-refractivity contribution in [3.05, 3.63) is 54.5 Å². The second kappa shape index (κ2) is 13.8. The van der Waals surface area contributed by atoms with E-state index in [2.05, 4.69) is 20.2 Å². The number of esters is 1. The first-order chi connectivity index (χ1) is 21.9. The van der Waals surface area contributed by atoms with Crippen LogP contribution in [0.25, 0.3) is 5.52 Å². The maximum atomic E-state index is 14.3. The number of ether oxygens (including phenoxy) is 4. The fourth-order valence-corrected chi connectivity index (χ4v) is 7.25. The molecule has 15 heteroatoms. The summed E-state index contributed by atoms with van der Waals surface area (Å²) in [7, 11) is -2.58. The molecule has 6 atom stereocenters. The van der Waals surface area contributed by atoms with Crippen molar-refractivity contribution < 1.29 is 37.4 Å². The van der Waals surface area contributed by atoms with Gasteiger partial charge in [0.15, 0.2) is 17.2 Å². The average Bonchev–Trinajstić information content (AvgIpc) is 3.68. The van der Waals surface area contributed by atoms with E-state index >= 15 is 0 Å². The van der Waals surface area contributed by atoms with Crippen LogP contribution in [0, 0.1) is 5.92 Å². The topological polar surface area (TPSA) is 170 Å². The average molecular weight is 659 g/mol. The predicted molar refractivity (Wildman–Crippen MR) is 170 cm³/mol. The SMILES string of the molecule is CCC(CC)COC(=O)[C@H](C)N[P@](=O)(OC[C@H]1O[C@@](C=NC)(c2ccc3c(N)ncnn23)[C@@H]2OC(C)(C)O[C@@H]21)Oc1ccccc1. The maximum Gasteiger partial charge on any atom is 0.459 e. The van der Waals surface area contributed by atoms with Crippen LogP contribution in [0.3, 0.4) is 0 Å². The van der Waals surface area contributed by atoms with Crippen LogP contribution in [0.4, 0.5) is 5.82 Å². The van der Waals surface area contributed by atoms with Gasteiger partial charge in [-0.2, -0.15) is 10.2 Å². The minimum atomic E-state index is -4.20. The second-order valence-electron chi connectivity index (χ2n) is 11.9. The molecular weight excluding hydrogens is 615 g/mol. The number of hydrogen-bond donors (Lipinski definition) is 2. The minimum absolute atomic E-state index is 0.234. The molecule has 0 saturated carbocycles. The molecule has 1 aromatic carbocycles. The number of aromatic nitrogens is 3. The highest BCUT2D eigenvalue weighted by Crippen LogP contribution is 2.51. The summed E-state index contributed by atoms with van der Waals surface area (Å²) in [5, 5.41) is 7.16. The zero-order chi connectivity index (χ0) is 33.1. The summed E-state index contributed by atoms with van der Waals surface area (Å²) in [5.41, 5.74) is 5.99. The van der Waals surface area contributed by atoms with Crippen molar-refractivity contribution in [1.29, 1.82) is 0 Å². The molecule has 2 saturated heterocycles. The molecule has 3 aromatic rings. The van der Waals surface area contributed by atoms with Gasteiger partial charge in [0.05, 0.1) is 18.9 Å². The van der Waals surface area contributed by atoms with Crippen LogP contribution in [0.15, 0.2) is 53.8 Å². The molecule has 2 aliphatic heterocycles. The molecule has 2 fully saturated rings. The summed E-state index contributed by atoms with van der Waals surface area (Å²) in [4.78, 5) is 21.3. The monoisotopic (exact) mass is 658 g/mol. The lowest BCUT2D eigenvalue weighted by atomic mass is 9.92. The van der Waals surface area contributed by atoms with Gasteiger partial charge < -0.3 is 29.2 Å². The summed E-state index contributed by atoms with van der Waals surface area (Å²) in [6, 6.07) is 11.1. The van der Waals surface area contributed by atoms with E-state index in [1.165, 1.54) is 6.33 Å². The van der Waals surface area contributed by atoms with Crippen LogP contribution in [-0.4, -0.2) is 77.2 Å². The molecule has 0 unspecified atom stereocenters. The first-order valence-electron chi connectivity index (χ1n) is 15.4. The van der Waals surface area contributed by atoms with Gasteiger partial charge in [-0.3, -0.25) is 14.3 Å². The number of benzene rings is 1. The van der Waals surface area contributed by atoms with Gasteiger partial charge in [-0.05, 0) is 51.0 Å². The Morgan fingerprint density at radius 1 is 1.17 bits per heavy atom. The van der Waals surface area contributed by atoms with Gasteiger partial charge in [0.2, 0.25) is 0 Å². The van der Waals surface area contributed by atoms with Gasteiger partial charge in [-0.15, -0.1) is 0 Å². The Morgan fingerprint density at radius 3 is 2.61 bits per heavy atom. The van der Waals surface area contributed by atoms with Crippen molar-refractivity contribution >= 4 is 31.3 Å². The van der Waals surface area contributed by atoms with Crippen LogP contribution < -0.4 is 15.3 Å². The lowest BCUT2D eigenvalue weighted by Crippen LogP contribution is -2.43. The molecule has 46 heavy (non-hydrogen) atoms. The molecule has 14 nitrogen and oxygen atoms in total. The van der Waals surface area contributed by atoms with Crippen molar-refractivity contribution in [1.82, 2.24) is 19.7 Å². The number of fused-ring (bicyclic) bond motifs is 2. The van der Waals surface area contributed by atoms with E-state index in [1.54, 1.807) is 74.9 Å². The normalized spacial score (nSPS) is 25.9. The molecule has 2 aliphatic rings. The second-order valence-corrected chi connectivity index (χ2v) is 13.6. The number of aliphatic imine (C=N–C) groups is 1. The van der Waals surface area contributed by atoms with E-state index in [9.17, 15) is 9.36 Å². The standard InChI is InChI=1S/C31H43N6O8P/c1-7-21(8-2)16-40-29(38)20(3)36-46(39,45-22-12-10-9-11-13-22)41-17-24-26-27(44-30(4,5)43-26)31(42-24,18-33-6)25-15-14-23-28(32)34-19-35-37(23)25/h9-15,18-21,24,26-27H,7-8,16-17H2,1-6H3,(H,36,39)(H2,32,34,35)/t20-,24+,26+,27+,31-,46-/m0/s1. The van der Waals surface area contributed by atoms with Crippen LogP contribution in [0.5, 0.6) is 5.75 Å². The largest absolute Gasteiger partial charge is 0.464 e. The molecule has 3 N–H and O–H groups in total. The van der Waals surface area contributed by atoms with Crippen molar-refractivity contribution in [3.63, 3.8) is 0 Å². The quantitative estimate of drug-likeness (QED) is 0.143. The van der Waals surface area contributed by atoms with E-state index in [0.717, 1.165) is 12.8 Å². The molecule has 4 heterocycles. The van der Waals surface area contributed by atoms with E-state index in [0.29, 0.717) is 17.0 Å². The van der Waals surface area contributed by atoms with Crippen LogP contribution in [0.1, 0.15) is 53.2 Å². The molecule has 0 aliphatic carbocycles. The number of nitrogen functional groups attached to an aromatic ring is 1. The first-order valence-corrected chi connectivity index (χ1v) is 17.0. The van der Waals surface area contributed by atoms with Gasteiger partial charge in [0.25, 0.3) is 0 Å². The maximum absolute atomic E-state index is 14.3. The Morgan fingerprint density at radius 2 is 1.91 bits per heavy atom. The number of nitrogens with one attached hydrogen (secondary N) is 1. The number of hydrogen-bond acceptors (Lipinski definition) is 12. The smallest absolute Gasteiger partial charge is 0.459 e. The number of nitrogens with zero attached hydrogens (tertiary/aromatic N) is 4. The zero-order valence-electron chi connectivity index (χ0n) is 27.0. The fraction of sp³-hybridized carbons (Fsp3) is 0.548. The Bertz CT molecular complexity index is 1580. The van der Waals surface area contributed by atoms with Gasteiger partial charge in [0.1, 0.15) is 41.9 Å². The van der Waals surface area contributed by atoms with Crippen LogP contribution in [0.2, 0.25) is 0 Å². The van der Waals surface area contributed by atoms with Crippen LogP contribution >= 0.6 is 7.75 Å². The van der Waals surface area contributed by atoms with Gasteiger partial charge in [-0.25, -0.2) is 14.1 Å². The number of rotatable bonds is 14. The first kappa shape index (κ1) is 34.0. The molecule has 0 bridgehead atoms. The number of carbonyl (C=O) groups excluding carboxylic acids is 1. The molecule has 250 valence electrons. The molecule has 0 spiro atoms. The molecular formula is C31H43N6O8P. The van der Waals surface area contributed by atoms with Crippen molar-refractivity contribution in [2.45, 2.75) is 83.2 Å². The number of nitrogens with two attached hydrogens (primary N) is 1. The van der Waals surface area contributed by atoms with Gasteiger partial charge in [0, 0.05) is 13.3 Å². The van der Waals surface area contributed by atoms with Crippen molar-refractivity contribution in [2.24, 2.45) is 10.9 Å². The summed E-state index contributed by atoms with van der Waals surface area (Å²) >= 11 is 0.